The molecule has 0 heterocycles. The lowest BCUT2D eigenvalue weighted by molar-refractivity contribution is 0.337. The molecule has 0 aromatic carbocycles. The first-order valence-electron chi connectivity index (χ1n) is 11.0. The molecule has 0 aromatic heterocycles. The highest BCUT2D eigenvalue weighted by Gasteiger charge is 2.14. The van der Waals surface area contributed by atoms with Crippen molar-refractivity contribution in [1.29, 1.82) is 0 Å². The van der Waals surface area contributed by atoms with Crippen molar-refractivity contribution in [3.8, 4) is 0 Å². The molecule has 0 aromatic rings. The van der Waals surface area contributed by atoms with Crippen LogP contribution in [0.2, 0.25) is 0 Å². The second kappa shape index (κ2) is 18.3. The summed E-state index contributed by atoms with van der Waals surface area (Å²) in [5, 5.41) is 4.06. The fourth-order valence-corrected chi connectivity index (χ4v) is 3.57. The zero-order chi connectivity index (χ0) is 17.2. The van der Waals surface area contributed by atoms with Crippen LogP contribution in [0.15, 0.2) is 0 Å². The molecule has 0 radical (unpaired) electrons. The highest BCUT2D eigenvalue weighted by atomic mass is 14.9. The Hall–Kier alpha value is -0.0400. The minimum Gasteiger partial charge on any atom is -0.311 e. The smallest absolute Gasteiger partial charge is 0.00696 e. The van der Waals surface area contributed by atoms with Gasteiger partial charge in [-0.3, -0.25) is 0 Å². The van der Waals surface area contributed by atoms with Crippen molar-refractivity contribution < 1.29 is 0 Å². The van der Waals surface area contributed by atoms with Crippen molar-refractivity contribution in [2.24, 2.45) is 0 Å². The Labute approximate surface area is 148 Å². The number of rotatable bonds is 18. The molecular weight excluding hydrogens is 278 g/mol. The van der Waals surface area contributed by atoms with Crippen LogP contribution < -0.4 is 5.32 Å². The SMILES string of the molecule is CCCCCCCC(CCCCCC)NC(CCC)CCCC. The van der Waals surface area contributed by atoms with Gasteiger partial charge in [0.1, 0.15) is 0 Å². The molecule has 0 aliphatic heterocycles. The largest absolute Gasteiger partial charge is 0.311 e. The van der Waals surface area contributed by atoms with Gasteiger partial charge in [-0.05, 0) is 25.7 Å². The van der Waals surface area contributed by atoms with Gasteiger partial charge in [-0.2, -0.15) is 0 Å². The third-order valence-electron chi connectivity index (χ3n) is 5.08. The van der Waals surface area contributed by atoms with Crippen molar-refractivity contribution in [3.63, 3.8) is 0 Å². The van der Waals surface area contributed by atoms with Crippen LogP contribution in [-0.4, -0.2) is 12.1 Å². The molecule has 0 spiro atoms. The van der Waals surface area contributed by atoms with Gasteiger partial charge in [-0.1, -0.05) is 105 Å². The van der Waals surface area contributed by atoms with Crippen molar-refractivity contribution in [1.82, 2.24) is 5.32 Å². The molecule has 0 saturated carbocycles. The van der Waals surface area contributed by atoms with E-state index in [2.05, 4.69) is 33.0 Å². The van der Waals surface area contributed by atoms with Gasteiger partial charge in [-0.25, -0.2) is 0 Å². The van der Waals surface area contributed by atoms with E-state index >= 15 is 0 Å². The van der Waals surface area contributed by atoms with Crippen molar-refractivity contribution in [2.75, 3.05) is 0 Å². The molecule has 0 fully saturated rings. The highest BCUT2D eigenvalue weighted by Crippen LogP contribution is 2.16. The van der Waals surface area contributed by atoms with Crippen LogP contribution in [0.4, 0.5) is 0 Å². The van der Waals surface area contributed by atoms with Crippen molar-refractivity contribution >= 4 is 0 Å². The normalized spacial score (nSPS) is 14.1. The zero-order valence-corrected chi connectivity index (χ0v) is 17.0. The van der Waals surface area contributed by atoms with Crippen LogP contribution in [0.25, 0.3) is 0 Å². The average molecular weight is 326 g/mol. The van der Waals surface area contributed by atoms with Crippen LogP contribution in [0.1, 0.15) is 130 Å². The highest BCUT2D eigenvalue weighted by molar-refractivity contribution is 4.75. The van der Waals surface area contributed by atoms with E-state index in [4.69, 9.17) is 0 Å². The summed E-state index contributed by atoms with van der Waals surface area (Å²) in [4.78, 5) is 0. The van der Waals surface area contributed by atoms with Crippen LogP contribution >= 0.6 is 0 Å². The van der Waals surface area contributed by atoms with Gasteiger partial charge in [0.05, 0.1) is 0 Å². The van der Waals surface area contributed by atoms with E-state index in [1.807, 2.05) is 0 Å². The fraction of sp³-hybridized carbons (Fsp3) is 1.00. The van der Waals surface area contributed by atoms with Crippen LogP contribution in [0.5, 0.6) is 0 Å². The van der Waals surface area contributed by atoms with E-state index < -0.39 is 0 Å². The molecule has 0 amide bonds. The second-order valence-corrected chi connectivity index (χ2v) is 7.54. The molecule has 140 valence electrons. The molecule has 0 saturated heterocycles. The van der Waals surface area contributed by atoms with E-state index in [-0.39, 0.29) is 0 Å². The quantitative estimate of drug-likeness (QED) is 0.255. The average Bonchev–Trinajstić information content (AvgIpc) is 2.56. The maximum Gasteiger partial charge on any atom is 0.00696 e. The first kappa shape index (κ1) is 23.0. The second-order valence-electron chi connectivity index (χ2n) is 7.54. The summed E-state index contributed by atoms with van der Waals surface area (Å²) in [7, 11) is 0. The molecule has 1 N–H and O–H groups in total. The van der Waals surface area contributed by atoms with Crippen molar-refractivity contribution in [3.05, 3.63) is 0 Å². The van der Waals surface area contributed by atoms with Crippen molar-refractivity contribution in [2.45, 2.75) is 143 Å². The summed E-state index contributed by atoms with van der Waals surface area (Å²) >= 11 is 0. The Kier molecular flexibility index (Phi) is 18.3. The lowest BCUT2D eigenvalue weighted by Crippen LogP contribution is -2.38. The van der Waals surface area contributed by atoms with Gasteiger partial charge < -0.3 is 5.32 Å². The molecule has 2 atom stereocenters. The van der Waals surface area contributed by atoms with E-state index in [0.29, 0.717) is 0 Å². The first-order chi connectivity index (χ1) is 11.3. The number of nitrogens with one attached hydrogen (secondary N) is 1. The minimum atomic E-state index is 0.770. The van der Waals surface area contributed by atoms with Gasteiger partial charge in [0.15, 0.2) is 0 Å². The third kappa shape index (κ3) is 15.2. The minimum absolute atomic E-state index is 0.770. The Morgan fingerprint density at radius 2 is 0.870 bits per heavy atom. The fourth-order valence-electron chi connectivity index (χ4n) is 3.57. The summed E-state index contributed by atoms with van der Waals surface area (Å²) in [6, 6.07) is 1.55. The molecule has 0 aliphatic rings. The molecule has 1 nitrogen and oxygen atoms in total. The van der Waals surface area contributed by atoms with E-state index in [9.17, 15) is 0 Å². The summed E-state index contributed by atoms with van der Waals surface area (Å²) < 4.78 is 0. The predicted molar refractivity (Wildman–Crippen MR) is 107 cm³/mol. The number of hydrogen-bond acceptors (Lipinski definition) is 1. The Balaban J connectivity index is 4.18. The van der Waals surface area contributed by atoms with Crippen LogP contribution in [0.3, 0.4) is 0 Å². The summed E-state index contributed by atoms with van der Waals surface area (Å²) in [6.45, 7) is 9.27. The Morgan fingerprint density at radius 1 is 0.435 bits per heavy atom. The molecule has 1 heteroatoms. The maximum absolute atomic E-state index is 4.06. The van der Waals surface area contributed by atoms with Gasteiger partial charge >= 0.3 is 0 Å². The molecule has 23 heavy (non-hydrogen) atoms. The van der Waals surface area contributed by atoms with Gasteiger partial charge in [0.25, 0.3) is 0 Å². The zero-order valence-electron chi connectivity index (χ0n) is 17.0. The topological polar surface area (TPSA) is 12.0 Å². The molecule has 0 bridgehead atoms. The Morgan fingerprint density at radius 3 is 1.39 bits per heavy atom. The Bertz CT molecular complexity index is 214. The van der Waals surface area contributed by atoms with E-state index in [0.717, 1.165) is 12.1 Å². The van der Waals surface area contributed by atoms with Gasteiger partial charge in [0.2, 0.25) is 0 Å². The van der Waals surface area contributed by atoms with Gasteiger partial charge in [-0.15, -0.1) is 0 Å². The standard InChI is InChI=1S/C22H47N/c1-5-9-12-14-16-20-22(19-15-13-10-6-2)23-21(17-8-4)18-11-7-3/h21-23H,5-20H2,1-4H3. The lowest BCUT2D eigenvalue weighted by Gasteiger charge is -2.26. The predicted octanol–water partition coefficient (Wildman–Crippen LogP) is 7.63. The van der Waals surface area contributed by atoms with Crippen LogP contribution in [-0.2, 0) is 0 Å². The summed E-state index contributed by atoms with van der Waals surface area (Å²) in [5.41, 5.74) is 0. The summed E-state index contributed by atoms with van der Waals surface area (Å²) in [5.74, 6) is 0. The number of hydrogen-bond donors (Lipinski definition) is 1. The van der Waals surface area contributed by atoms with Gasteiger partial charge in [0, 0.05) is 12.1 Å². The number of unbranched alkanes of at least 4 members (excludes halogenated alkanes) is 8. The van der Waals surface area contributed by atoms with E-state index in [1.54, 1.807) is 0 Å². The van der Waals surface area contributed by atoms with Crippen LogP contribution in [0, 0.1) is 0 Å². The molecular formula is C22H47N. The first-order valence-corrected chi connectivity index (χ1v) is 11.0. The molecule has 2 unspecified atom stereocenters. The lowest BCUT2D eigenvalue weighted by atomic mass is 9.97. The monoisotopic (exact) mass is 325 g/mol. The molecule has 0 rings (SSSR count). The summed E-state index contributed by atoms with van der Waals surface area (Å²) in [6.07, 6.45) is 22.3. The third-order valence-corrected chi connectivity index (χ3v) is 5.08. The van der Waals surface area contributed by atoms with E-state index in [1.165, 1.54) is 103 Å². The molecule has 0 aliphatic carbocycles. The maximum atomic E-state index is 4.06.